The molecule has 0 atom stereocenters. The van der Waals surface area contributed by atoms with Crippen LogP contribution in [0.1, 0.15) is 26.3 Å². The van der Waals surface area contributed by atoms with Gasteiger partial charge < -0.3 is 0 Å². The average molecular weight is 228 g/mol. The minimum atomic E-state index is -0.950. The second kappa shape index (κ2) is 4.18. The van der Waals surface area contributed by atoms with Crippen molar-refractivity contribution in [2.45, 2.75) is 6.92 Å². The summed E-state index contributed by atoms with van der Waals surface area (Å²) in [5, 5.41) is 9.70. The van der Waals surface area contributed by atoms with Crippen LogP contribution < -0.4 is 0 Å². The van der Waals surface area contributed by atoms with Crippen LogP contribution in [0, 0.1) is 17.0 Å². The third-order valence-corrected chi connectivity index (χ3v) is 2.01. The molecule has 0 radical (unpaired) electrons. The van der Waals surface area contributed by atoms with Crippen LogP contribution in [0.3, 0.4) is 0 Å². The lowest BCUT2D eigenvalue weighted by Crippen LogP contribution is -2.03. The summed E-state index contributed by atoms with van der Waals surface area (Å²) in [6, 6.07) is 2.61. The number of hydrogen-bond acceptors (Lipinski definition) is 4. The number of halogens is 1. The summed E-state index contributed by atoms with van der Waals surface area (Å²) >= 11 is 5.19. The van der Waals surface area contributed by atoms with Crippen molar-refractivity contribution in [3.63, 3.8) is 0 Å². The summed E-state index contributed by atoms with van der Waals surface area (Å²) in [5.74, 6) is 0. The highest BCUT2D eigenvalue weighted by Crippen LogP contribution is 2.25. The zero-order valence-electron chi connectivity index (χ0n) is 7.69. The summed E-state index contributed by atoms with van der Waals surface area (Å²) < 4.78 is 0. The molecule has 0 aromatic heterocycles. The molecule has 0 bridgehead atoms. The molecule has 15 heavy (non-hydrogen) atoms. The zero-order chi connectivity index (χ0) is 11.6. The molecule has 5 nitrogen and oxygen atoms in total. The molecule has 0 heterocycles. The number of nitro benzene ring substituents is 1. The first kappa shape index (κ1) is 11.3. The van der Waals surface area contributed by atoms with Gasteiger partial charge in [-0.2, -0.15) is 0 Å². The van der Waals surface area contributed by atoms with Crippen molar-refractivity contribution in [2.75, 3.05) is 0 Å². The normalized spacial score (nSPS) is 9.73. The van der Waals surface area contributed by atoms with Gasteiger partial charge in [0.2, 0.25) is 0 Å². The maximum Gasteiger partial charge on any atom is 0.291 e. The van der Waals surface area contributed by atoms with E-state index < -0.39 is 15.9 Å². The third kappa shape index (κ3) is 2.19. The zero-order valence-corrected chi connectivity index (χ0v) is 8.45. The van der Waals surface area contributed by atoms with Crippen LogP contribution in [0.5, 0.6) is 0 Å². The lowest BCUT2D eigenvalue weighted by Gasteiger charge is -2.02. The first-order chi connectivity index (χ1) is 6.97. The van der Waals surface area contributed by atoms with Gasteiger partial charge >= 0.3 is 0 Å². The number of benzene rings is 1. The highest BCUT2D eigenvalue weighted by molar-refractivity contribution is 6.68. The van der Waals surface area contributed by atoms with Gasteiger partial charge in [0.25, 0.3) is 10.9 Å². The van der Waals surface area contributed by atoms with E-state index in [0.717, 1.165) is 0 Å². The van der Waals surface area contributed by atoms with E-state index in [1.54, 1.807) is 6.92 Å². The van der Waals surface area contributed by atoms with E-state index in [1.165, 1.54) is 12.1 Å². The molecule has 0 aliphatic rings. The molecule has 0 saturated heterocycles. The molecule has 1 rings (SSSR count). The van der Waals surface area contributed by atoms with Gasteiger partial charge in [-0.25, -0.2) is 0 Å². The number of rotatable bonds is 3. The Morgan fingerprint density at radius 3 is 2.53 bits per heavy atom. The molecular weight excluding hydrogens is 222 g/mol. The molecule has 0 amide bonds. The Hall–Kier alpha value is -1.75. The van der Waals surface area contributed by atoms with Crippen molar-refractivity contribution in [3.05, 3.63) is 38.9 Å². The molecule has 6 heteroatoms. The number of carbonyl (C=O) groups is 2. The van der Waals surface area contributed by atoms with Crippen LogP contribution in [0.4, 0.5) is 5.69 Å². The standard InChI is InChI=1S/C9H6ClNO4/c1-5-2-6(4-12)8(11(14)15)7(3-5)9(10)13/h2-4H,1H3. The van der Waals surface area contributed by atoms with Crippen LogP contribution in [-0.4, -0.2) is 16.5 Å². The van der Waals surface area contributed by atoms with Crippen LogP contribution in [0.25, 0.3) is 0 Å². The molecule has 0 aliphatic heterocycles. The van der Waals surface area contributed by atoms with Gasteiger partial charge in [0.15, 0.2) is 6.29 Å². The van der Waals surface area contributed by atoms with Gasteiger partial charge in [-0.1, -0.05) is 0 Å². The fourth-order valence-corrected chi connectivity index (χ4v) is 1.39. The van der Waals surface area contributed by atoms with E-state index in [4.69, 9.17) is 11.6 Å². The SMILES string of the molecule is Cc1cc(C=O)c([N+](=O)[O-])c(C(=O)Cl)c1. The molecule has 0 fully saturated rings. The Labute approximate surface area is 89.8 Å². The molecule has 78 valence electrons. The smallest absolute Gasteiger partial charge is 0.291 e. The molecule has 0 saturated carbocycles. The maximum absolute atomic E-state index is 10.9. The van der Waals surface area contributed by atoms with E-state index >= 15 is 0 Å². The molecule has 0 spiro atoms. The Morgan fingerprint density at radius 2 is 2.13 bits per heavy atom. The van der Waals surface area contributed by atoms with Gasteiger partial charge in [-0.15, -0.1) is 0 Å². The number of aryl methyl sites for hydroxylation is 1. The minimum absolute atomic E-state index is 0.149. The van der Waals surface area contributed by atoms with Gasteiger partial charge in [0.05, 0.1) is 10.5 Å². The maximum atomic E-state index is 10.9. The highest BCUT2D eigenvalue weighted by Gasteiger charge is 2.23. The Morgan fingerprint density at radius 1 is 1.53 bits per heavy atom. The number of hydrogen-bond donors (Lipinski definition) is 0. The Bertz CT molecular complexity index is 456. The lowest BCUT2D eigenvalue weighted by atomic mass is 10.0. The molecular formula is C9H6ClNO4. The van der Waals surface area contributed by atoms with Crippen molar-refractivity contribution in [2.24, 2.45) is 0 Å². The van der Waals surface area contributed by atoms with Crippen molar-refractivity contribution in [1.29, 1.82) is 0 Å². The van der Waals surface area contributed by atoms with Crippen molar-refractivity contribution < 1.29 is 14.5 Å². The fourth-order valence-electron chi connectivity index (χ4n) is 1.25. The second-order valence-corrected chi connectivity index (χ2v) is 3.24. The lowest BCUT2D eigenvalue weighted by molar-refractivity contribution is -0.385. The monoisotopic (exact) mass is 227 g/mol. The van der Waals surface area contributed by atoms with E-state index in [2.05, 4.69) is 0 Å². The number of nitro groups is 1. The summed E-state index contributed by atoms with van der Waals surface area (Å²) in [6.45, 7) is 1.61. The topological polar surface area (TPSA) is 77.3 Å². The predicted molar refractivity (Wildman–Crippen MR) is 53.4 cm³/mol. The molecule has 0 unspecified atom stereocenters. The van der Waals surface area contributed by atoms with Crippen molar-refractivity contribution in [1.82, 2.24) is 0 Å². The first-order valence-corrected chi connectivity index (χ1v) is 4.29. The molecule has 0 aliphatic carbocycles. The van der Waals surface area contributed by atoms with Gasteiger partial charge in [0.1, 0.15) is 5.56 Å². The van der Waals surface area contributed by atoms with Crippen LogP contribution in [0.2, 0.25) is 0 Å². The minimum Gasteiger partial charge on any atom is -0.298 e. The third-order valence-electron chi connectivity index (χ3n) is 1.81. The van der Waals surface area contributed by atoms with E-state index in [9.17, 15) is 19.7 Å². The quantitative estimate of drug-likeness (QED) is 0.343. The number of aldehydes is 1. The van der Waals surface area contributed by atoms with Crippen molar-refractivity contribution >= 4 is 28.8 Å². The van der Waals surface area contributed by atoms with Gasteiger partial charge in [0, 0.05) is 0 Å². The molecule has 1 aromatic rings. The van der Waals surface area contributed by atoms with Gasteiger partial charge in [-0.05, 0) is 36.2 Å². The summed E-state index contributed by atoms with van der Waals surface area (Å²) in [6.07, 6.45) is 0.328. The summed E-state index contributed by atoms with van der Waals surface area (Å²) in [4.78, 5) is 31.4. The van der Waals surface area contributed by atoms with Crippen molar-refractivity contribution in [3.8, 4) is 0 Å². The summed E-state index contributed by atoms with van der Waals surface area (Å²) in [5.41, 5.74) is -0.393. The first-order valence-electron chi connectivity index (χ1n) is 3.91. The second-order valence-electron chi connectivity index (χ2n) is 2.90. The highest BCUT2D eigenvalue weighted by atomic mass is 35.5. The van der Waals surface area contributed by atoms with E-state index in [0.29, 0.717) is 11.8 Å². The number of carbonyl (C=O) groups excluding carboxylic acids is 2. The average Bonchev–Trinajstić information content (AvgIpc) is 2.15. The predicted octanol–water partition coefficient (Wildman–Crippen LogP) is 2.09. The largest absolute Gasteiger partial charge is 0.298 e. The Kier molecular flexibility index (Phi) is 3.16. The number of nitrogens with zero attached hydrogens (tertiary/aromatic N) is 1. The fraction of sp³-hybridized carbons (Fsp3) is 0.111. The van der Waals surface area contributed by atoms with Crippen LogP contribution in [0.15, 0.2) is 12.1 Å². The molecule has 1 aromatic carbocycles. The van der Waals surface area contributed by atoms with Gasteiger partial charge in [-0.3, -0.25) is 19.7 Å². The van der Waals surface area contributed by atoms with E-state index in [1.807, 2.05) is 0 Å². The van der Waals surface area contributed by atoms with Crippen LogP contribution >= 0.6 is 11.6 Å². The summed E-state index contributed by atoms with van der Waals surface area (Å²) in [7, 11) is 0. The van der Waals surface area contributed by atoms with Crippen LogP contribution in [-0.2, 0) is 0 Å². The van der Waals surface area contributed by atoms with E-state index in [-0.39, 0.29) is 11.1 Å². The Balaban J connectivity index is 3.61. The molecule has 0 N–H and O–H groups in total.